The molecule has 2 heterocycles. The Labute approximate surface area is 155 Å². The third-order valence-electron chi connectivity index (χ3n) is 4.80. The molecular weight excluding hydrogens is 346 g/mol. The molecule has 0 aliphatic carbocycles. The number of nitrogens with zero attached hydrogens (tertiary/aromatic N) is 2. The first kappa shape index (κ1) is 17.1. The summed E-state index contributed by atoms with van der Waals surface area (Å²) in [6.45, 7) is 1.41. The number of aromatic hydroxyl groups is 3. The highest BCUT2D eigenvalue weighted by atomic mass is 16.3. The fourth-order valence-electron chi connectivity index (χ4n) is 3.33. The summed E-state index contributed by atoms with van der Waals surface area (Å²) in [6, 6.07) is 12.4. The topological polar surface area (TPSA) is 110 Å². The van der Waals surface area contributed by atoms with Crippen LogP contribution < -0.4 is 5.56 Å². The van der Waals surface area contributed by atoms with Gasteiger partial charge in [-0.05, 0) is 6.07 Å². The summed E-state index contributed by atoms with van der Waals surface area (Å²) in [7, 11) is 0. The van der Waals surface area contributed by atoms with E-state index < -0.39 is 5.75 Å². The van der Waals surface area contributed by atoms with Crippen LogP contribution in [0.1, 0.15) is 16.8 Å². The number of nitrogens with one attached hydrogen (secondary N) is 1. The molecule has 2 aromatic carbocycles. The van der Waals surface area contributed by atoms with Crippen LogP contribution in [0.3, 0.4) is 0 Å². The van der Waals surface area contributed by atoms with Crippen LogP contribution in [-0.4, -0.2) is 36.7 Å². The minimum Gasteiger partial charge on any atom is -0.504 e. The molecule has 27 heavy (non-hydrogen) atoms. The molecule has 0 saturated heterocycles. The lowest BCUT2D eigenvalue weighted by atomic mass is 10.0. The molecular formula is C20H19N3O4. The molecule has 4 N–H and O–H groups in total. The maximum absolute atomic E-state index is 12.6. The molecule has 0 radical (unpaired) electrons. The van der Waals surface area contributed by atoms with Gasteiger partial charge in [-0.2, -0.15) is 0 Å². The minimum atomic E-state index is -0.531. The number of fused-ring (bicyclic) bond motifs is 1. The highest BCUT2D eigenvalue weighted by molar-refractivity contribution is 5.55. The number of phenols is 3. The SMILES string of the molecule is O=c1[nH]c(-c2ccccc2)nc2c1CN(Cc1ccc(O)c(O)c1O)CC2. The first-order valence-electron chi connectivity index (χ1n) is 8.65. The van der Waals surface area contributed by atoms with E-state index in [1.165, 1.54) is 6.07 Å². The molecule has 7 heteroatoms. The van der Waals surface area contributed by atoms with Crippen LogP contribution in [-0.2, 0) is 19.5 Å². The molecule has 0 fully saturated rings. The molecule has 3 aromatic rings. The third kappa shape index (κ3) is 3.24. The normalized spacial score (nSPS) is 14.1. The van der Waals surface area contributed by atoms with Crippen LogP contribution in [0.15, 0.2) is 47.3 Å². The van der Waals surface area contributed by atoms with Crippen molar-refractivity contribution < 1.29 is 15.3 Å². The van der Waals surface area contributed by atoms with Crippen LogP contribution in [0, 0.1) is 0 Å². The number of aromatic nitrogens is 2. The fourth-order valence-corrected chi connectivity index (χ4v) is 3.33. The largest absolute Gasteiger partial charge is 0.504 e. The number of hydrogen-bond acceptors (Lipinski definition) is 6. The molecule has 0 spiro atoms. The lowest BCUT2D eigenvalue weighted by molar-refractivity contribution is 0.237. The second-order valence-electron chi connectivity index (χ2n) is 6.61. The summed E-state index contributed by atoms with van der Waals surface area (Å²) >= 11 is 0. The molecule has 0 saturated carbocycles. The Morgan fingerprint density at radius 1 is 1.04 bits per heavy atom. The van der Waals surface area contributed by atoms with Gasteiger partial charge in [-0.3, -0.25) is 9.69 Å². The average molecular weight is 365 g/mol. The van der Waals surface area contributed by atoms with Gasteiger partial charge in [-0.1, -0.05) is 36.4 Å². The number of phenolic OH excluding ortho intramolecular Hbond substituents is 3. The highest BCUT2D eigenvalue weighted by Crippen LogP contribution is 2.37. The maximum atomic E-state index is 12.6. The average Bonchev–Trinajstić information content (AvgIpc) is 2.69. The summed E-state index contributed by atoms with van der Waals surface area (Å²) in [4.78, 5) is 22.0. The predicted octanol–water partition coefficient (Wildman–Crippen LogP) is 2.11. The molecule has 138 valence electrons. The summed E-state index contributed by atoms with van der Waals surface area (Å²) in [5.41, 5.74) is 2.58. The van der Waals surface area contributed by atoms with Crippen LogP contribution >= 0.6 is 0 Å². The Morgan fingerprint density at radius 3 is 2.59 bits per heavy atom. The Balaban J connectivity index is 1.59. The van der Waals surface area contributed by atoms with Gasteiger partial charge in [0.25, 0.3) is 5.56 Å². The highest BCUT2D eigenvalue weighted by Gasteiger charge is 2.23. The van der Waals surface area contributed by atoms with Crippen molar-refractivity contribution >= 4 is 0 Å². The van der Waals surface area contributed by atoms with Gasteiger partial charge in [0, 0.05) is 37.2 Å². The van der Waals surface area contributed by atoms with E-state index in [2.05, 4.69) is 9.97 Å². The Morgan fingerprint density at radius 2 is 1.81 bits per heavy atom. The van der Waals surface area contributed by atoms with Gasteiger partial charge >= 0.3 is 0 Å². The zero-order valence-electron chi connectivity index (χ0n) is 14.5. The molecule has 1 aliphatic heterocycles. The van der Waals surface area contributed by atoms with Gasteiger partial charge in [0.15, 0.2) is 11.5 Å². The standard InChI is InChI=1S/C20H19N3O4/c24-16-7-6-13(17(25)18(16)26)10-23-9-8-15-14(11-23)20(27)22-19(21-15)12-4-2-1-3-5-12/h1-7,24-26H,8-11H2,(H,21,22,27). The first-order valence-corrected chi connectivity index (χ1v) is 8.65. The lowest BCUT2D eigenvalue weighted by Crippen LogP contribution is -2.35. The zero-order chi connectivity index (χ0) is 19.0. The molecule has 0 bridgehead atoms. The van der Waals surface area contributed by atoms with E-state index in [0.717, 1.165) is 11.3 Å². The summed E-state index contributed by atoms with van der Waals surface area (Å²) in [5.74, 6) is -0.674. The summed E-state index contributed by atoms with van der Waals surface area (Å²) < 4.78 is 0. The van der Waals surface area contributed by atoms with Crippen LogP contribution in [0.25, 0.3) is 11.4 Å². The first-order chi connectivity index (χ1) is 13.0. The van der Waals surface area contributed by atoms with Gasteiger partial charge < -0.3 is 20.3 Å². The Kier molecular flexibility index (Phi) is 4.29. The van der Waals surface area contributed by atoms with Crippen molar-refractivity contribution in [3.8, 4) is 28.6 Å². The number of rotatable bonds is 3. The summed E-state index contributed by atoms with van der Waals surface area (Å²) in [6.07, 6.45) is 0.615. The van der Waals surface area contributed by atoms with E-state index in [9.17, 15) is 20.1 Å². The molecule has 0 atom stereocenters. The van der Waals surface area contributed by atoms with Crippen molar-refractivity contribution in [3.05, 3.63) is 69.6 Å². The monoisotopic (exact) mass is 365 g/mol. The van der Waals surface area contributed by atoms with E-state index >= 15 is 0 Å². The minimum absolute atomic E-state index is 0.165. The van der Waals surface area contributed by atoms with Gasteiger partial charge in [0.2, 0.25) is 5.75 Å². The number of hydrogen-bond donors (Lipinski definition) is 4. The maximum Gasteiger partial charge on any atom is 0.255 e. The number of aromatic amines is 1. The van der Waals surface area contributed by atoms with Gasteiger partial charge in [-0.25, -0.2) is 4.98 Å². The van der Waals surface area contributed by atoms with Gasteiger partial charge in [0.05, 0.1) is 11.3 Å². The van der Waals surface area contributed by atoms with E-state index in [0.29, 0.717) is 43.0 Å². The Bertz CT molecular complexity index is 1050. The number of benzene rings is 2. The van der Waals surface area contributed by atoms with E-state index in [4.69, 9.17) is 0 Å². The third-order valence-corrected chi connectivity index (χ3v) is 4.80. The van der Waals surface area contributed by atoms with Crippen molar-refractivity contribution in [2.75, 3.05) is 6.54 Å². The molecule has 0 amide bonds. The number of H-pyrrole nitrogens is 1. The summed E-state index contributed by atoms with van der Waals surface area (Å²) in [5, 5.41) is 29.1. The van der Waals surface area contributed by atoms with Crippen LogP contribution in [0.5, 0.6) is 17.2 Å². The molecule has 1 aromatic heterocycles. The molecule has 7 nitrogen and oxygen atoms in total. The fraction of sp³-hybridized carbons (Fsp3) is 0.200. The Hall–Kier alpha value is -3.32. The molecule has 0 unspecified atom stereocenters. The molecule has 1 aliphatic rings. The van der Waals surface area contributed by atoms with Crippen molar-refractivity contribution in [1.82, 2.24) is 14.9 Å². The van der Waals surface area contributed by atoms with E-state index in [1.54, 1.807) is 6.07 Å². The van der Waals surface area contributed by atoms with Gasteiger partial charge in [-0.15, -0.1) is 0 Å². The van der Waals surface area contributed by atoms with Gasteiger partial charge in [0.1, 0.15) is 5.82 Å². The van der Waals surface area contributed by atoms with Crippen LogP contribution in [0.2, 0.25) is 0 Å². The lowest BCUT2D eigenvalue weighted by Gasteiger charge is -2.28. The second-order valence-corrected chi connectivity index (χ2v) is 6.61. The zero-order valence-corrected chi connectivity index (χ0v) is 14.5. The van der Waals surface area contributed by atoms with Crippen molar-refractivity contribution in [2.45, 2.75) is 19.5 Å². The quantitative estimate of drug-likeness (QED) is 0.529. The molecule has 4 rings (SSSR count). The van der Waals surface area contributed by atoms with E-state index in [-0.39, 0.29) is 17.1 Å². The second kappa shape index (κ2) is 6.77. The smallest absolute Gasteiger partial charge is 0.255 e. The van der Waals surface area contributed by atoms with Crippen LogP contribution in [0.4, 0.5) is 0 Å². The van der Waals surface area contributed by atoms with Crippen molar-refractivity contribution in [1.29, 1.82) is 0 Å². The van der Waals surface area contributed by atoms with Crippen molar-refractivity contribution in [3.63, 3.8) is 0 Å². The van der Waals surface area contributed by atoms with E-state index in [1.807, 2.05) is 35.2 Å². The van der Waals surface area contributed by atoms with Crippen molar-refractivity contribution in [2.24, 2.45) is 0 Å². The predicted molar refractivity (Wildman–Crippen MR) is 99.5 cm³/mol.